The van der Waals surface area contributed by atoms with Crippen molar-refractivity contribution >= 4 is 23.3 Å². The Morgan fingerprint density at radius 1 is 1.22 bits per heavy atom. The number of aromatic carboxylic acids is 1. The fourth-order valence-corrected chi connectivity index (χ4v) is 2.00. The molecule has 0 heterocycles. The summed E-state index contributed by atoms with van der Waals surface area (Å²) in [5.74, 6) is -1.03. The Bertz CT molecular complexity index is 623. The van der Waals surface area contributed by atoms with Gasteiger partial charge in [0.2, 0.25) is 0 Å². The van der Waals surface area contributed by atoms with E-state index in [1.165, 1.54) is 6.07 Å². The average Bonchev–Trinajstić information content (AvgIpc) is 2.31. The number of carboxylic acid groups (broad SMARTS) is 1. The predicted molar refractivity (Wildman–Crippen MR) is 73.0 cm³/mol. The number of carbonyl (C=O) groups is 1. The number of benzene rings is 2. The summed E-state index contributed by atoms with van der Waals surface area (Å²) in [7, 11) is 0. The first kappa shape index (κ1) is 12.5. The molecule has 0 aliphatic carbocycles. The van der Waals surface area contributed by atoms with Crippen molar-refractivity contribution < 1.29 is 9.90 Å². The van der Waals surface area contributed by atoms with Crippen LogP contribution in [-0.2, 0) is 0 Å². The maximum absolute atomic E-state index is 10.9. The first-order valence-electron chi connectivity index (χ1n) is 5.38. The number of carboxylic acids is 1. The van der Waals surface area contributed by atoms with Gasteiger partial charge >= 0.3 is 5.97 Å². The van der Waals surface area contributed by atoms with Crippen LogP contribution in [0.2, 0.25) is 5.02 Å². The predicted octanol–water partition coefficient (Wildman–Crippen LogP) is 3.60. The van der Waals surface area contributed by atoms with E-state index in [-0.39, 0.29) is 11.3 Å². The average molecular weight is 262 g/mol. The quantitative estimate of drug-likeness (QED) is 0.812. The van der Waals surface area contributed by atoms with Crippen molar-refractivity contribution in [3.05, 3.63) is 52.5 Å². The van der Waals surface area contributed by atoms with Crippen molar-refractivity contribution in [1.29, 1.82) is 0 Å². The summed E-state index contributed by atoms with van der Waals surface area (Å²) in [5, 5.41) is 9.56. The molecule has 0 atom stereocenters. The third kappa shape index (κ3) is 2.31. The summed E-state index contributed by atoms with van der Waals surface area (Å²) in [6.07, 6.45) is 0. The standard InChI is InChI=1S/C14H12ClNO2/c1-8-2-4-10(15)7-12(8)9-3-5-11(14(17)18)13(16)6-9/h2-7H,16H2,1H3,(H,17,18). The largest absolute Gasteiger partial charge is 0.478 e. The first-order chi connectivity index (χ1) is 8.49. The lowest BCUT2D eigenvalue weighted by Gasteiger charge is -2.09. The van der Waals surface area contributed by atoms with Gasteiger partial charge in [-0.3, -0.25) is 0 Å². The van der Waals surface area contributed by atoms with Gasteiger partial charge in [0.15, 0.2) is 0 Å². The van der Waals surface area contributed by atoms with E-state index < -0.39 is 5.97 Å². The second-order valence-corrected chi connectivity index (χ2v) is 4.50. The van der Waals surface area contributed by atoms with Gasteiger partial charge in [-0.15, -0.1) is 0 Å². The maximum atomic E-state index is 10.9. The Balaban J connectivity index is 2.55. The Kier molecular flexibility index (Phi) is 3.26. The zero-order chi connectivity index (χ0) is 13.3. The number of nitrogens with two attached hydrogens (primary N) is 1. The van der Waals surface area contributed by atoms with Gasteiger partial charge in [-0.25, -0.2) is 4.79 Å². The van der Waals surface area contributed by atoms with E-state index in [2.05, 4.69) is 0 Å². The van der Waals surface area contributed by atoms with Gasteiger partial charge in [0, 0.05) is 10.7 Å². The lowest BCUT2D eigenvalue weighted by atomic mass is 9.98. The molecule has 0 saturated carbocycles. The summed E-state index contributed by atoms with van der Waals surface area (Å²) < 4.78 is 0. The van der Waals surface area contributed by atoms with Gasteiger partial charge in [-0.1, -0.05) is 23.7 Å². The molecule has 0 unspecified atom stereocenters. The third-order valence-electron chi connectivity index (χ3n) is 2.79. The molecular formula is C14H12ClNO2. The second-order valence-electron chi connectivity index (χ2n) is 4.07. The van der Waals surface area contributed by atoms with Crippen LogP contribution in [0.25, 0.3) is 11.1 Å². The molecule has 0 aliphatic heterocycles. The zero-order valence-electron chi connectivity index (χ0n) is 9.77. The topological polar surface area (TPSA) is 63.3 Å². The van der Waals surface area contributed by atoms with Gasteiger partial charge in [0.25, 0.3) is 0 Å². The van der Waals surface area contributed by atoms with Crippen LogP contribution >= 0.6 is 11.6 Å². The highest BCUT2D eigenvalue weighted by atomic mass is 35.5. The second kappa shape index (κ2) is 4.70. The fraction of sp³-hybridized carbons (Fsp3) is 0.0714. The minimum Gasteiger partial charge on any atom is -0.478 e. The Morgan fingerprint density at radius 3 is 2.56 bits per heavy atom. The highest BCUT2D eigenvalue weighted by Gasteiger charge is 2.10. The monoisotopic (exact) mass is 261 g/mol. The van der Waals surface area contributed by atoms with Crippen molar-refractivity contribution in [2.45, 2.75) is 6.92 Å². The third-order valence-corrected chi connectivity index (χ3v) is 3.03. The minimum atomic E-state index is -1.03. The van der Waals surface area contributed by atoms with E-state index in [0.717, 1.165) is 16.7 Å². The summed E-state index contributed by atoms with van der Waals surface area (Å²) in [6, 6.07) is 10.5. The van der Waals surface area contributed by atoms with Crippen LogP contribution in [0.4, 0.5) is 5.69 Å². The molecule has 0 saturated heterocycles. The van der Waals surface area contributed by atoms with Gasteiger partial charge in [0.1, 0.15) is 0 Å². The van der Waals surface area contributed by atoms with Crippen LogP contribution in [-0.4, -0.2) is 11.1 Å². The summed E-state index contributed by atoms with van der Waals surface area (Å²) in [6.45, 7) is 1.97. The molecule has 0 aromatic heterocycles. The van der Waals surface area contributed by atoms with Crippen molar-refractivity contribution in [2.75, 3.05) is 5.73 Å². The van der Waals surface area contributed by atoms with E-state index in [9.17, 15) is 4.79 Å². The van der Waals surface area contributed by atoms with Crippen LogP contribution in [0.1, 0.15) is 15.9 Å². The van der Waals surface area contributed by atoms with Gasteiger partial charge in [0.05, 0.1) is 5.56 Å². The molecule has 2 aromatic carbocycles. The Morgan fingerprint density at radius 2 is 1.94 bits per heavy atom. The van der Waals surface area contributed by atoms with E-state index in [4.69, 9.17) is 22.4 Å². The molecule has 0 aliphatic rings. The Hall–Kier alpha value is -2.00. The SMILES string of the molecule is Cc1ccc(Cl)cc1-c1ccc(C(=O)O)c(N)c1. The first-order valence-corrected chi connectivity index (χ1v) is 5.76. The van der Waals surface area contributed by atoms with Gasteiger partial charge in [-0.05, 0) is 47.9 Å². The van der Waals surface area contributed by atoms with Crippen molar-refractivity contribution in [3.8, 4) is 11.1 Å². The summed E-state index contributed by atoms with van der Waals surface area (Å²) >= 11 is 5.96. The molecule has 18 heavy (non-hydrogen) atoms. The van der Waals surface area contributed by atoms with E-state index >= 15 is 0 Å². The lowest BCUT2D eigenvalue weighted by molar-refractivity contribution is 0.0698. The van der Waals surface area contributed by atoms with Crippen LogP contribution in [0.3, 0.4) is 0 Å². The number of hydrogen-bond acceptors (Lipinski definition) is 2. The molecule has 0 fully saturated rings. The number of hydrogen-bond donors (Lipinski definition) is 2. The summed E-state index contributed by atoms with van der Waals surface area (Å²) in [5.41, 5.74) is 8.96. The normalized spacial score (nSPS) is 10.3. The maximum Gasteiger partial charge on any atom is 0.337 e. The molecule has 3 N–H and O–H groups in total. The lowest BCUT2D eigenvalue weighted by Crippen LogP contribution is -2.02. The molecule has 0 spiro atoms. The molecule has 2 rings (SSSR count). The van der Waals surface area contributed by atoms with E-state index in [1.807, 2.05) is 25.1 Å². The minimum absolute atomic E-state index is 0.110. The molecule has 2 aromatic rings. The highest BCUT2D eigenvalue weighted by Crippen LogP contribution is 2.29. The number of halogens is 1. The Labute approximate surface area is 110 Å². The summed E-state index contributed by atoms with van der Waals surface area (Å²) in [4.78, 5) is 10.9. The molecule has 0 bridgehead atoms. The van der Waals surface area contributed by atoms with Crippen molar-refractivity contribution in [1.82, 2.24) is 0 Å². The molecule has 4 heteroatoms. The van der Waals surface area contributed by atoms with Crippen molar-refractivity contribution in [2.24, 2.45) is 0 Å². The number of nitrogen functional groups attached to an aromatic ring is 1. The molecule has 92 valence electrons. The van der Waals surface area contributed by atoms with Gasteiger partial charge in [-0.2, -0.15) is 0 Å². The van der Waals surface area contributed by atoms with Crippen LogP contribution in [0, 0.1) is 6.92 Å². The molecular weight excluding hydrogens is 250 g/mol. The smallest absolute Gasteiger partial charge is 0.337 e. The highest BCUT2D eigenvalue weighted by molar-refractivity contribution is 6.30. The van der Waals surface area contributed by atoms with Crippen LogP contribution in [0.15, 0.2) is 36.4 Å². The molecule has 0 radical (unpaired) electrons. The van der Waals surface area contributed by atoms with Crippen molar-refractivity contribution in [3.63, 3.8) is 0 Å². The number of rotatable bonds is 2. The number of anilines is 1. The van der Waals surface area contributed by atoms with Gasteiger partial charge < -0.3 is 10.8 Å². The van der Waals surface area contributed by atoms with Crippen LogP contribution in [0.5, 0.6) is 0 Å². The molecule has 0 amide bonds. The van der Waals surface area contributed by atoms with E-state index in [0.29, 0.717) is 5.02 Å². The number of aryl methyl sites for hydroxylation is 1. The van der Waals surface area contributed by atoms with Crippen LogP contribution < -0.4 is 5.73 Å². The van der Waals surface area contributed by atoms with E-state index in [1.54, 1.807) is 12.1 Å². The zero-order valence-corrected chi connectivity index (χ0v) is 10.5. The fourth-order valence-electron chi connectivity index (χ4n) is 1.83. The molecule has 3 nitrogen and oxygen atoms in total.